The number of rotatable bonds is 1. The summed E-state index contributed by atoms with van der Waals surface area (Å²) in [6.45, 7) is 0. The maximum atomic E-state index is 5.83. The lowest BCUT2D eigenvalue weighted by Crippen LogP contribution is -1.95. The molecule has 2 rings (SSSR count). The number of nitrogens with two attached hydrogens (primary N) is 2. The van der Waals surface area contributed by atoms with E-state index in [1.165, 1.54) is 16.9 Å². The molecule has 12 heavy (non-hydrogen) atoms. The van der Waals surface area contributed by atoms with Crippen molar-refractivity contribution in [2.75, 3.05) is 11.5 Å². The largest absolute Gasteiger partial charge is 0.396 e. The molecular weight excluding hydrogens is 188 g/mol. The van der Waals surface area contributed by atoms with Crippen LogP contribution in [0.3, 0.4) is 0 Å². The van der Waals surface area contributed by atoms with Crippen molar-refractivity contribution in [3.8, 4) is 0 Å². The van der Waals surface area contributed by atoms with Gasteiger partial charge in [0.1, 0.15) is 5.00 Å². The molecule has 0 radical (unpaired) electrons. The van der Waals surface area contributed by atoms with Crippen LogP contribution in [0, 0.1) is 0 Å². The summed E-state index contributed by atoms with van der Waals surface area (Å²) in [5, 5.41) is 5.43. The first-order valence-electron chi connectivity index (χ1n) is 3.72. The van der Waals surface area contributed by atoms with Crippen LogP contribution in [0.15, 0.2) is 16.9 Å². The molecule has 2 heterocycles. The molecule has 4 heteroatoms. The van der Waals surface area contributed by atoms with Crippen molar-refractivity contribution >= 4 is 33.8 Å². The SMILES string of the molecule is Nc1scc(C2CC=CS2)c1N. The minimum atomic E-state index is 0.499. The van der Waals surface area contributed by atoms with E-state index in [2.05, 4.69) is 16.9 Å². The van der Waals surface area contributed by atoms with Crippen LogP contribution >= 0.6 is 23.1 Å². The molecule has 0 saturated heterocycles. The highest BCUT2D eigenvalue weighted by Gasteiger charge is 2.18. The van der Waals surface area contributed by atoms with Crippen molar-refractivity contribution in [3.63, 3.8) is 0 Å². The van der Waals surface area contributed by atoms with Gasteiger partial charge in [0.05, 0.1) is 5.69 Å². The van der Waals surface area contributed by atoms with E-state index in [1.807, 2.05) is 11.8 Å². The zero-order valence-electron chi connectivity index (χ0n) is 6.49. The molecule has 0 aliphatic carbocycles. The van der Waals surface area contributed by atoms with Gasteiger partial charge in [0.15, 0.2) is 0 Å². The summed E-state index contributed by atoms with van der Waals surface area (Å²) < 4.78 is 0. The lowest BCUT2D eigenvalue weighted by molar-refractivity contribution is 1.00. The van der Waals surface area contributed by atoms with Crippen LogP contribution < -0.4 is 11.5 Å². The first-order valence-corrected chi connectivity index (χ1v) is 5.54. The molecule has 1 aliphatic rings. The van der Waals surface area contributed by atoms with Gasteiger partial charge < -0.3 is 11.5 Å². The number of thioether (sulfide) groups is 1. The molecule has 0 spiro atoms. The predicted molar refractivity (Wildman–Crippen MR) is 57.2 cm³/mol. The normalized spacial score (nSPS) is 21.8. The third-order valence-electron chi connectivity index (χ3n) is 1.93. The summed E-state index contributed by atoms with van der Waals surface area (Å²) in [5.41, 5.74) is 13.5. The van der Waals surface area contributed by atoms with Crippen molar-refractivity contribution in [3.05, 3.63) is 22.4 Å². The zero-order chi connectivity index (χ0) is 8.55. The second-order valence-corrected chi connectivity index (χ2v) is 4.73. The Bertz CT molecular complexity index is 309. The van der Waals surface area contributed by atoms with Crippen LogP contribution in [-0.2, 0) is 0 Å². The van der Waals surface area contributed by atoms with E-state index in [0.29, 0.717) is 5.25 Å². The van der Waals surface area contributed by atoms with Crippen molar-refractivity contribution in [1.82, 2.24) is 0 Å². The fraction of sp³-hybridized carbons (Fsp3) is 0.250. The first kappa shape index (κ1) is 8.01. The third kappa shape index (κ3) is 1.21. The average Bonchev–Trinajstić information content (AvgIpc) is 2.64. The van der Waals surface area contributed by atoms with Gasteiger partial charge in [-0.25, -0.2) is 0 Å². The maximum Gasteiger partial charge on any atom is 0.109 e. The molecule has 1 aromatic rings. The molecule has 0 amide bonds. The lowest BCUT2D eigenvalue weighted by Gasteiger charge is -2.06. The van der Waals surface area contributed by atoms with Gasteiger partial charge in [-0.2, -0.15) is 0 Å². The van der Waals surface area contributed by atoms with E-state index in [0.717, 1.165) is 17.1 Å². The summed E-state index contributed by atoms with van der Waals surface area (Å²) in [6, 6.07) is 0. The molecule has 1 aromatic heterocycles. The van der Waals surface area contributed by atoms with Gasteiger partial charge in [0, 0.05) is 10.8 Å². The molecular formula is C8H10N2S2. The van der Waals surface area contributed by atoms with E-state index >= 15 is 0 Å². The van der Waals surface area contributed by atoms with Crippen LogP contribution in [0.2, 0.25) is 0 Å². The highest BCUT2D eigenvalue weighted by molar-refractivity contribution is 8.02. The topological polar surface area (TPSA) is 52.0 Å². The quantitative estimate of drug-likeness (QED) is 0.729. The summed E-state index contributed by atoms with van der Waals surface area (Å²) in [7, 11) is 0. The monoisotopic (exact) mass is 198 g/mol. The maximum absolute atomic E-state index is 5.83. The van der Waals surface area contributed by atoms with Gasteiger partial charge in [-0.15, -0.1) is 23.1 Å². The van der Waals surface area contributed by atoms with Crippen LogP contribution in [0.5, 0.6) is 0 Å². The van der Waals surface area contributed by atoms with Gasteiger partial charge in [0.2, 0.25) is 0 Å². The lowest BCUT2D eigenvalue weighted by atomic mass is 10.1. The Hall–Kier alpha value is -0.610. The number of allylic oxidation sites excluding steroid dienone is 1. The molecule has 0 bridgehead atoms. The summed E-state index contributed by atoms with van der Waals surface area (Å²) in [6.07, 6.45) is 3.24. The Balaban J connectivity index is 2.28. The number of hydrogen-bond acceptors (Lipinski definition) is 4. The number of nitrogen functional groups attached to an aromatic ring is 2. The van der Waals surface area contributed by atoms with Gasteiger partial charge in [-0.3, -0.25) is 0 Å². The minimum Gasteiger partial charge on any atom is -0.396 e. The minimum absolute atomic E-state index is 0.499. The molecule has 0 aromatic carbocycles. The Morgan fingerprint density at radius 1 is 1.42 bits per heavy atom. The van der Waals surface area contributed by atoms with Gasteiger partial charge in [0.25, 0.3) is 0 Å². The Morgan fingerprint density at radius 3 is 2.75 bits per heavy atom. The molecule has 1 aliphatic heterocycles. The number of thiophene rings is 1. The fourth-order valence-electron chi connectivity index (χ4n) is 1.23. The summed E-state index contributed by atoms with van der Waals surface area (Å²) in [5.74, 6) is 0. The van der Waals surface area contributed by atoms with Crippen molar-refractivity contribution < 1.29 is 0 Å². The molecule has 1 unspecified atom stereocenters. The van der Waals surface area contributed by atoms with Crippen LogP contribution in [0.25, 0.3) is 0 Å². The number of hydrogen-bond donors (Lipinski definition) is 2. The second-order valence-electron chi connectivity index (χ2n) is 2.70. The molecule has 64 valence electrons. The van der Waals surface area contributed by atoms with Crippen LogP contribution in [0.4, 0.5) is 10.7 Å². The molecule has 0 fully saturated rings. The highest BCUT2D eigenvalue weighted by Crippen LogP contribution is 2.44. The van der Waals surface area contributed by atoms with E-state index < -0.39 is 0 Å². The molecule has 2 nitrogen and oxygen atoms in total. The van der Waals surface area contributed by atoms with E-state index in [1.54, 1.807) is 0 Å². The van der Waals surface area contributed by atoms with Crippen molar-refractivity contribution in [1.29, 1.82) is 0 Å². The standard InChI is InChI=1S/C8H10N2S2/c9-7-5(4-12-8(7)10)6-2-1-3-11-6/h1,3-4,6H,2,9-10H2. The van der Waals surface area contributed by atoms with Gasteiger partial charge in [-0.05, 0) is 17.2 Å². The average molecular weight is 198 g/mol. The molecule has 0 saturated carbocycles. The van der Waals surface area contributed by atoms with Crippen LogP contribution in [0.1, 0.15) is 17.2 Å². The smallest absolute Gasteiger partial charge is 0.109 e. The van der Waals surface area contributed by atoms with Crippen LogP contribution in [-0.4, -0.2) is 0 Å². The zero-order valence-corrected chi connectivity index (χ0v) is 8.12. The molecule has 1 atom stereocenters. The first-order chi connectivity index (χ1) is 5.79. The Labute approximate surface area is 79.6 Å². The summed E-state index contributed by atoms with van der Waals surface area (Å²) in [4.78, 5) is 0. The fourth-order valence-corrected chi connectivity index (χ4v) is 3.08. The van der Waals surface area contributed by atoms with E-state index in [4.69, 9.17) is 11.5 Å². The molecule has 4 N–H and O–H groups in total. The highest BCUT2D eigenvalue weighted by atomic mass is 32.2. The predicted octanol–water partition coefficient (Wildman–Crippen LogP) is 2.60. The second kappa shape index (κ2) is 3.03. The van der Waals surface area contributed by atoms with Crippen molar-refractivity contribution in [2.45, 2.75) is 11.7 Å². The van der Waals surface area contributed by atoms with E-state index in [9.17, 15) is 0 Å². The van der Waals surface area contributed by atoms with Crippen molar-refractivity contribution in [2.24, 2.45) is 0 Å². The summed E-state index contributed by atoms with van der Waals surface area (Å²) >= 11 is 3.34. The number of anilines is 2. The third-order valence-corrected chi connectivity index (χ3v) is 3.90. The van der Waals surface area contributed by atoms with Gasteiger partial charge >= 0.3 is 0 Å². The van der Waals surface area contributed by atoms with Gasteiger partial charge in [-0.1, -0.05) is 6.08 Å². The Morgan fingerprint density at radius 2 is 2.25 bits per heavy atom. The van der Waals surface area contributed by atoms with E-state index in [-0.39, 0.29) is 0 Å². The Kier molecular flexibility index (Phi) is 2.02.